The van der Waals surface area contributed by atoms with Crippen LogP contribution in [-0.2, 0) is 42.9 Å². The third kappa shape index (κ3) is 41.5. The zero-order valence-corrected chi connectivity index (χ0v) is 47.8. The van der Waals surface area contributed by atoms with Crippen LogP contribution in [0.2, 0.25) is 0 Å². The van der Waals surface area contributed by atoms with Gasteiger partial charge in [0.25, 0.3) is 0 Å². The molecule has 12 heteroatoms. The number of carboxylic acid groups (broad SMARTS) is 1. The molecule has 1 aliphatic rings. The van der Waals surface area contributed by atoms with E-state index in [9.17, 15) is 34.5 Å². The second-order valence-corrected chi connectivity index (χ2v) is 21.0. The summed E-state index contributed by atoms with van der Waals surface area (Å²) in [6.45, 7) is 5.86. The van der Waals surface area contributed by atoms with Crippen molar-refractivity contribution in [2.45, 2.75) is 314 Å². The minimum atomic E-state index is -1.90. The summed E-state index contributed by atoms with van der Waals surface area (Å²) in [5, 5.41) is 31.5. The van der Waals surface area contributed by atoms with Crippen LogP contribution in [-0.4, -0.2) is 89.2 Å². The average Bonchev–Trinajstić information content (AvgIpc) is 3.39. The molecule has 6 unspecified atom stereocenters. The molecule has 0 radical (unpaired) electrons. The molecule has 1 heterocycles. The minimum absolute atomic E-state index is 0.0616. The number of aliphatic hydroxyl groups is 2. The monoisotopic (exact) mass is 1060 g/mol. The number of aliphatic carboxylic acids is 1. The van der Waals surface area contributed by atoms with E-state index in [4.69, 9.17) is 23.7 Å². The Hall–Kier alpha value is -3.32. The number of unbranched alkanes of at least 4 members (excludes halogenated alkanes) is 30. The van der Waals surface area contributed by atoms with Gasteiger partial charge in [0.15, 0.2) is 24.6 Å². The number of carbonyl (C=O) groups excluding carboxylic acids is 3. The van der Waals surface area contributed by atoms with Crippen LogP contribution >= 0.6 is 0 Å². The third-order valence-electron chi connectivity index (χ3n) is 13.8. The molecule has 1 fully saturated rings. The maximum atomic E-state index is 13.1. The topological polar surface area (TPSA) is 175 Å². The second kappa shape index (κ2) is 51.4. The second-order valence-electron chi connectivity index (χ2n) is 21.0. The van der Waals surface area contributed by atoms with Crippen molar-refractivity contribution in [3.63, 3.8) is 0 Å². The molecule has 1 rings (SSSR count). The van der Waals surface area contributed by atoms with E-state index in [1.54, 1.807) is 0 Å². The number of allylic oxidation sites excluding steroid dienone is 8. The van der Waals surface area contributed by atoms with Gasteiger partial charge in [-0.15, -0.1) is 0 Å². The first-order chi connectivity index (χ1) is 36.6. The van der Waals surface area contributed by atoms with Gasteiger partial charge in [-0.05, 0) is 70.6 Å². The number of carbonyl (C=O) groups is 4. The fraction of sp³-hybridized carbons (Fsp3) is 0.810. The Kier molecular flexibility index (Phi) is 47.8. The Morgan fingerprint density at radius 1 is 0.440 bits per heavy atom. The lowest BCUT2D eigenvalue weighted by Gasteiger charge is -2.40. The van der Waals surface area contributed by atoms with Crippen LogP contribution in [0.3, 0.4) is 0 Å². The molecular weight excluding hydrogens is 949 g/mol. The first-order valence-corrected chi connectivity index (χ1v) is 30.6. The molecule has 0 aromatic rings. The number of esters is 3. The predicted octanol–water partition coefficient (Wildman–Crippen LogP) is 15.8. The van der Waals surface area contributed by atoms with Crippen molar-refractivity contribution in [1.82, 2.24) is 0 Å². The standard InChI is InChI=1S/C63H110O12/c1-4-7-10-13-16-19-22-25-26-27-28-29-30-33-36-39-42-45-48-51-57(66)74-61-59(68)58(67)60(62(69)70)75-63(61)72-53-54(73-56(65)50-47-44-41-38-35-32-24-21-18-15-12-9-6-3)52-71-55(64)49-46-43-40-37-34-31-23-20-17-14-11-8-5-2/h11-12,14-15,20-21,23-24,54,58-61,63,67-68H,4-10,13,16-19,22,25-53H2,1-3H3,(H,69,70)/b14-11-,15-12-,23-20-,24-21-. The molecule has 0 bridgehead atoms. The van der Waals surface area contributed by atoms with E-state index in [2.05, 4.69) is 69.4 Å². The highest BCUT2D eigenvalue weighted by Crippen LogP contribution is 2.27. The summed E-state index contributed by atoms with van der Waals surface area (Å²) in [5.74, 6) is -3.14. The predicted molar refractivity (Wildman–Crippen MR) is 303 cm³/mol. The van der Waals surface area contributed by atoms with Crippen molar-refractivity contribution in [2.75, 3.05) is 13.2 Å². The number of hydrogen-bond acceptors (Lipinski definition) is 11. The lowest BCUT2D eigenvalue weighted by atomic mass is 9.98. The van der Waals surface area contributed by atoms with Crippen molar-refractivity contribution in [3.05, 3.63) is 48.6 Å². The highest BCUT2D eigenvalue weighted by atomic mass is 16.7. The lowest BCUT2D eigenvalue weighted by molar-refractivity contribution is -0.301. The molecule has 0 saturated carbocycles. The third-order valence-corrected chi connectivity index (χ3v) is 13.8. The normalized spacial score (nSPS) is 18.4. The minimum Gasteiger partial charge on any atom is -0.479 e. The molecule has 12 nitrogen and oxygen atoms in total. The summed E-state index contributed by atoms with van der Waals surface area (Å²) < 4.78 is 28.4. The van der Waals surface area contributed by atoms with Gasteiger partial charge in [0.2, 0.25) is 0 Å². The Morgan fingerprint density at radius 3 is 1.25 bits per heavy atom. The van der Waals surface area contributed by atoms with Crippen LogP contribution < -0.4 is 0 Å². The number of aliphatic hydroxyl groups excluding tert-OH is 2. The van der Waals surface area contributed by atoms with E-state index in [0.29, 0.717) is 19.3 Å². The quantitative estimate of drug-likeness (QED) is 0.0228. The van der Waals surface area contributed by atoms with E-state index < -0.39 is 67.3 Å². The summed E-state index contributed by atoms with van der Waals surface area (Å²) in [5.41, 5.74) is 0. The molecule has 434 valence electrons. The first-order valence-electron chi connectivity index (χ1n) is 30.6. The number of hydrogen-bond donors (Lipinski definition) is 3. The maximum Gasteiger partial charge on any atom is 0.335 e. The molecule has 3 N–H and O–H groups in total. The lowest BCUT2D eigenvalue weighted by Crippen LogP contribution is -2.61. The maximum absolute atomic E-state index is 13.1. The van der Waals surface area contributed by atoms with Gasteiger partial charge in [0.05, 0.1) is 6.61 Å². The Morgan fingerprint density at radius 2 is 0.827 bits per heavy atom. The van der Waals surface area contributed by atoms with Crippen molar-refractivity contribution >= 4 is 23.9 Å². The van der Waals surface area contributed by atoms with Crippen LogP contribution in [0.15, 0.2) is 48.6 Å². The molecule has 0 aromatic heterocycles. The number of carboxylic acids is 1. The molecule has 1 aliphatic heterocycles. The van der Waals surface area contributed by atoms with E-state index in [1.807, 2.05) is 0 Å². The van der Waals surface area contributed by atoms with Gasteiger partial charge >= 0.3 is 23.9 Å². The highest BCUT2D eigenvalue weighted by molar-refractivity contribution is 5.74. The van der Waals surface area contributed by atoms with Gasteiger partial charge < -0.3 is 39.0 Å². The molecule has 0 aromatic carbocycles. The molecule has 0 spiro atoms. The molecular formula is C63H110O12. The highest BCUT2D eigenvalue weighted by Gasteiger charge is 2.50. The van der Waals surface area contributed by atoms with Crippen molar-refractivity contribution in [3.8, 4) is 0 Å². The van der Waals surface area contributed by atoms with Gasteiger partial charge in [-0.2, -0.15) is 0 Å². The Bertz CT molecular complexity index is 1490. The van der Waals surface area contributed by atoms with E-state index in [-0.39, 0.29) is 25.9 Å². The first kappa shape index (κ1) is 69.7. The van der Waals surface area contributed by atoms with Crippen LogP contribution in [0.4, 0.5) is 0 Å². The van der Waals surface area contributed by atoms with E-state index in [1.165, 1.54) is 89.9 Å². The van der Waals surface area contributed by atoms with Crippen LogP contribution in [0.1, 0.15) is 278 Å². The summed E-state index contributed by atoms with van der Waals surface area (Å²) in [6, 6.07) is 0. The summed E-state index contributed by atoms with van der Waals surface area (Å²) in [4.78, 5) is 51.1. The average molecular weight is 1060 g/mol. The number of ether oxygens (including phenoxy) is 5. The summed E-state index contributed by atoms with van der Waals surface area (Å²) >= 11 is 0. The zero-order valence-electron chi connectivity index (χ0n) is 47.8. The van der Waals surface area contributed by atoms with Crippen molar-refractivity contribution in [1.29, 1.82) is 0 Å². The van der Waals surface area contributed by atoms with Crippen LogP contribution in [0, 0.1) is 0 Å². The van der Waals surface area contributed by atoms with E-state index in [0.717, 1.165) is 128 Å². The van der Waals surface area contributed by atoms with Crippen molar-refractivity contribution in [2.24, 2.45) is 0 Å². The van der Waals surface area contributed by atoms with Crippen molar-refractivity contribution < 1.29 is 58.2 Å². The smallest absolute Gasteiger partial charge is 0.335 e. The van der Waals surface area contributed by atoms with Gasteiger partial charge in [-0.3, -0.25) is 14.4 Å². The fourth-order valence-electron chi connectivity index (χ4n) is 9.15. The van der Waals surface area contributed by atoms with Crippen LogP contribution in [0.5, 0.6) is 0 Å². The van der Waals surface area contributed by atoms with Gasteiger partial charge in [-0.25, -0.2) is 4.79 Å². The molecule has 0 amide bonds. The Balaban J connectivity index is 2.65. The Labute approximate surface area is 456 Å². The van der Waals surface area contributed by atoms with Gasteiger partial charge in [0, 0.05) is 19.3 Å². The largest absolute Gasteiger partial charge is 0.479 e. The molecule has 0 aliphatic carbocycles. The summed E-state index contributed by atoms with van der Waals surface area (Å²) in [7, 11) is 0. The van der Waals surface area contributed by atoms with Crippen LogP contribution in [0.25, 0.3) is 0 Å². The molecule has 1 saturated heterocycles. The van der Waals surface area contributed by atoms with Gasteiger partial charge in [-0.1, -0.05) is 236 Å². The van der Waals surface area contributed by atoms with Gasteiger partial charge in [0.1, 0.15) is 18.8 Å². The summed E-state index contributed by atoms with van der Waals surface area (Å²) in [6.07, 6.45) is 49.4. The molecule has 75 heavy (non-hydrogen) atoms. The molecule has 6 atom stereocenters. The fourth-order valence-corrected chi connectivity index (χ4v) is 9.15. The zero-order chi connectivity index (χ0) is 54.7. The SMILES string of the molecule is CCC/C=C\C/C=C\CCCCCCCC(=O)OCC(COC1OC(C(=O)O)C(O)C(O)C1OC(=O)CCCCCCCCCCCCCCCCCCCCC)OC(=O)CCCCCCC/C=C\C/C=C\CCC. The van der Waals surface area contributed by atoms with E-state index >= 15 is 0 Å². The number of rotatable bonds is 52.